The zero-order chi connectivity index (χ0) is 13.5. The average Bonchev–Trinajstić information content (AvgIpc) is 2.77. The summed E-state index contributed by atoms with van der Waals surface area (Å²) in [5.41, 5.74) is 3.18. The Kier molecular flexibility index (Phi) is 3.11. The predicted molar refractivity (Wildman–Crippen MR) is 84.0 cm³/mol. The van der Waals surface area contributed by atoms with Gasteiger partial charge in [0.2, 0.25) is 0 Å². The minimum Gasteiger partial charge on any atom is -0.368 e. The maximum Gasteiger partial charge on any atom is 0.112 e. The van der Waals surface area contributed by atoms with E-state index in [9.17, 15) is 0 Å². The maximum atomic E-state index is 4.58. The third-order valence-electron chi connectivity index (χ3n) is 4.39. The molecule has 2 atom stereocenters. The monoisotopic (exact) mass is 332 g/mol. The molecular weight excluding hydrogens is 316 g/mol. The van der Waals surface area contributed by atoms with Crippen LogP contribution in [0.2, 0.25) is 0 Å². The Morgan fingerprint density at radius 1 is 1.20 bits per heavy atom. The summed E-state index contributed by atoms with van der Waals surface area (Å²) in [5.74, 6) is 0. The summed E-state index contributed by atoms with van der Waals surface area (Å²) in [6.07, 6.45) is 7.60. The number of anilines is 1. The van der Waals surface area contributed by atoms with Gasteiger partial charge in [0.15, 0.2) is 0 Å². The molecule has 0 aromatic carbocycles. The van der Waals surface area contributed by atoms with Gasteiger partial charge in [-0.25, -0.2) is 0 Å². The number of hydrogen-bond donors (Lipinski definition) is 1. The van der Waals surface area contributed by atoms with Gasteiger partial charge in [-0.15, -0.1) is 0 Å². The van der Waals surface area contributed by atoms with Crippen molar-refractivity contribution in [2.24, 2.45) is 0 Å². The Bertz CT molecular complexity index is 645. The highest BCUT2D eigenvalue weighted by atomic mass is 79.9. The van der Waals surface area contributed by atoms with Crippen LogP contribution in [-0.4, -0.2) is 35.1 Å². The molecule has 2 aliphatic rings. The van der Waals surface area contributed by atoms with Crippen LogP contribution in [0.25, 0.3) is 11.0 Å². The van der Waals surface area contributed by atoms with Crippen LogP contribution in [0.4, 0.5) is 5.69 Å². The van der Waals surface area contributed by atoms with Crippen molar-refractivity contribution in [2.75, 3.05) is 18.0 Å². The molecule has 2 fully saturated rings. The van der Waals surface area contributed by atoms with Crippen molar-refractivity contribution in [1.29, 1.82) is 0 Å². The molecule has 2 aliphatic heterocycles. The van der Waals surface area contributed by atoms with E-state index in [1.54, 1.807) is 0 Å². The minimum absolute atomic E-state index is 0.626. The van der Waals surface area contributed by atoms with Crippen LogP contribution in [-0.2, 0) is 0 Å². The first kappa shape index (κ1) is 12.5. The number of pyridine rings is 2. The van der Waals surface area contributed by atoms with E-state index < -0.39 is 0 Å². The number of rotatable bonds is 1. The average molecular weight is 333 g/mol. The molecule has 4 heterocycles. The number of aromatic nitrogens is 2. The Morgan fingerprint density at radius 3 is 3.05 bits per heavy atom. The quantitative estimate of drug-likeness (QED) is 0.871. The molecule has 0 spiro atoms. The molecule has 0 aliphatic carbocycles. The SMILES string of the molecule is Brc1cnc2c(N3CCC4CCC(C3)N4)ccnc2c1. The van der Waals surface area contributed by atoms with Crippen LogP contribution in [0.3, 0.4) is 0 Å². The molecule has 0 amide bonds. The van der Waals surface area contributed by atoms with Gasteiger partial charge in [-0.3, -0.25) is 9.97 Å². The molecule has 1 N–H and O–H groups in total. The first-order valence-electron chi connectivity index (χ1n) is 7.21. The van der Waals surface area contributed by atoms with E-state index >= 15 is 0 Å². The molecule has 0 saturated carbocycles. The van der Waals surface area contributed by atoms with Crippen molar-refractivity contribution < 1.29 is 0 Å². The molecule has 20 heavy (non-hydrogen) atoms. The number of fused-ring (bicyclic) bond motifs is 3. The number of nitrogens with one attached hydrogen (secondary N) is 1. The summed E-state index contributed by atoms with van der Waals surface area (Å²) in [5, 5.41) is 3.72. The van der Waals surface area contributed by atoms with E-state index in [2.05, 4.69) is 42.2 Å². The molecular formula is C15H17BrN4. The summed E-state index contributed by atoms with van der Waals surface area (Å²) < 4.78 is 0.978. The second-order valence-electron chi connectivity index (χ2n) is 5.72. The number of halogens is 1. The lowest BCUT2D eigenvalue weighted by Gasteiger charge is -2.27. The van der Waals surface area contributed by atoms with Gasteiger partial charge in [-0.05, 0) is 47.3 Å². The van der Waals surface area contributed by atoms with Gasteiger partial charge in [0.05, 0.1) is 11.2 Å². The lowest BCUT2D eigenvalue weighted by Crippen LogP contribution is -2.35. The Morgan fingerprint density at radius 2 is 2.10 bits per heavy atom. The highest BCUT2D eigenvalue weighted by Gasteiger charge is 2.29. The standard InChI is InChI=1S/C15H17BrN4/c16-10-7-13-15(18-8-10)14(3-5-17-13)20-6-4-11-1-2-12(9-20)19-11/h3,5,7-8,11-12,19H,1-2,4,6,9H2. The van der Waals surface area contributed by atoms with E-state index in [0.717, 1.165) is 28.6 Å². The van der Waals surface area contributed by atoms with E-state index in [1.165, 1.54) is 24.9 Å². The molecule has 2 aromatic rings. The first-order chi connectivity index (χ1) is 9.79. The van der Waals surface area contributed by atoms with Crippen molar-refractivity contribution in [3.63, 3.8) is 0 Å². The molecule has 2 unspecified atom stereocenters. The molecule has 4 nitrogen and oxygen atoms in total. The van der Waals surface area contributed by atoms with Gasteiger partial charge in [-0.1, -0.05) is 0 Å². The Labute approximate surface area is 126 Å². The summed E-state index contributed by atoms with van der Waals surface area (Å²) in [4.78, 5) is 11.5. The minimum atomic E-state index is 0.626. The lowest BCUT2D eigenvalue weighted by molar-refractivity contribution is 0.563. The highest BCUT2D eigenvalue weighted by Crippen LogP contribution is 2.29. The van der Waals surface area contributed by atoms with E-state index in [-0.39, 0.29) is 0 Å². The Hall–Kier alpha value is -1.20. The fourth-order valence-corrected chi connectivity index (χ4v) is 3.73. The van der Waals surface area contributed by atoms with Crippen molar-refractivity contribution >= 4 is 32.7 Å². The van der Waals surface area contributed by atoms with Gasteiger partial charge in [0, 0.05) is 42.0 Å². The summed E-state index contributed by atoms with van der Waals surface area (Å²) >= 11 is 3.47. The zero-order valence-electron chi connectivity index (χ0n) is 11.2. The van der Waals surface area contributed by atoms with Crippen LogP contribution >= 0.6 is 15.9 Å². The normalized spacial score (nSPS) is 25.9. The third kappa shape index (κ3) is 2.19. The number of nitrogens with zero attached hydrogens (tertiary/aromatic N) is 3. The summed E-state index contributed by atoms with van der Waals surface area (Å²) in [7, 11) is 0. The molecule has 0 radical (unpaired) electrons. The molecule has 2 aromatic heterocycles. The van der Waals surface area contributed by atoms with Gasteiger partial charge < -0.3 is 10.2 Å². The molecule has 2 bridgehead atoms. The van der Waals surface area contributed by atoms with Gasteiger partial charge in [0.1, 0.15) is 5.52 Å². The van der Waals surface area contributed by atoms with Crippen LogP contribution < -0.4 is 10.2 Å². The highest BCUT2D eigenvalue weighted by molar-refractivity contribution is 9.10. The van der Waals surface area contributed by atoms with Crippen molar-refractivity contribution in [3.8, 4) is 0 Å². The van der Waals surface area contributed by atoms with E-state index in [4.69, 9.17) is 0 Å². The smallest absolute Gasteiger partial charge is 0.112 e. The van der Waals surface area contributed by atoms with Crippen molar-refractivity contribution in [1.82, 2.24) is 15.3 Å². The topological polar surface area (TPSA) is 41.1 Å². The Balaban J connectivity index is 1.74. The van der Waals surface area contributed by atoms with Crippen LogP contribution in [0, 0.1) is 0 Å². The van der Waals surface area contributed by atoms with Crippen molar-refractivity contribution in [2.45, 2.75) is 31.3 Å². The molecule has 104 valence electrons. The zero-order valence-corrected chi connectivity index (χ0v) is 12.8. The molecule has 4 rings (SSSR count). The fourth-order valence-electron chi connectivity index (χ4n) is 3.41. The maximum absolute atomic E-state index is 4.58. The first-order valence-corrected chi connectivity index (χ1v) is 8.00. The van der Waals surface area contributed by atoms with Crippen LogP contribution in [0.15, 0.2) is 29.0 Å². The second-order valence-corrected chi connectivity index (χ2v) is 6.64. The second kappa shape index (κ2) is 4.97. The van der Waals surface area contributed by atoms with Crippen LogP contribution in [0.1, 0.15) is 19.3 Å². The van der Waals surface area contributed by atoms with Gasteiger partial charge >= 0.3 is 0 Å². The number of hydrogen-bond acceptors (Lipinski definition) is 4. The van der Waals surface area contributed by atoms with Gasteiger partial charge in [-0.2, -0.15) is 0 Å². The molecule has 5 heteroatoms. The largest absolute Gasteiger partial charge is 0.368 e. The van der Waals surface area contributed by atoms with E-state index in [0.29, 0.717) is 12.1 Å². The summed E-state index contributed by atoms with van der Waals surface area (Å²) in [6, 6.07) is 5.47. The third-order valence-corrected chi connectivity index (χ3v) is 4.82. The predicted octanol–water partition coefficient (Wildman–Crippen LogP) is 2.72. The van der Waals surface area contributed by atoms with E-state index in [1.807, 2.05) is 18.5 Å². The summed E-state index contributed by atoms with van der Waals surface area (Å²) in [6.45, 7) is 2.18. The van der Waals surface area contributed by atoms with Gasteiger partial charge in [0.25, 0.3) is 0 Å². The van der Waals surface area contributed by atoms with Crippen molar-refractivity contribution in [3.05, 3.63) is 29.0 Å². The lowest BCUT2D eigenvalue weighted by atomic mass is 10.1. The fraction of sp³-hybridized carbons (Fsp3) is 0.467. The van der Waals surface area contributed by atoms with Crippen LogP contribution in [0.5, 0.6) is 0 Å². The molecule has 2 saturated heterocycles.